The van der Waals surface area contributed by atoms with Crippen LogP contribution in [-0.2, 0) is 11.3 Å². The van der Waals surface area contributed by atoms with Crippen LogP contribution >= 0.6 is 0 Å². The van der Waals surface area contributed by atoms with Crippen molar-refractivity contribution in [1.82, 2.24) is 10.6 Å². The Morgan fingerprint density at radius 1 is 1.35 bits per heavy atom. The molecule has 0 aliphatic rings. The molecule has 112 valence electrons. The van der Waals surface area contributed by atoms with E-state index in [-0.39, 0.29) is 11.7 Å². The highest BCUT2D eigenvalue weighted by Crippen LogP contribution is 2.21. The zero-order valence-corrected chi connectivity index (χ0v) is 12.5. The fourth-order valence-electron chi connectivity index (χ4n) is 1.68. The molecule has 20 heavy (non-hydrogen) atoms. The molecule has 0 fully saturated rings. The maximum Gasteiger partial charge on any atom is 0.260 e. The molecule has 1 rings (SSSR count). The average molecular weight is 282 g/mol. The molecule has 2 N–H and O–H groups in total. The van der Waals surface area contributed by atoms with Gasteiger partial charge in [0.15, 0.2) is 6.10 Å². The number of nitrogens with one attached hydrogen (secondary N) is 2. The monoisotopic (exact) mass is 282 g/mol. The van der Waals surface area contributed by atoms with Gasteiger partial charge in [-0.15, -0.1) is 0 Å². The SMILES string of the molecule is CNCc1cc(F)ccc1OC(C)C(=O)NCC(C)C. The number of halogens is 1. The summed E-state index contributed by atoms with van der Waals surface area (Å²) in [6, 6.07) is 4.28. The highest BCUT2D eigenvalue weighted by atomic mass is 19.1. The third-order valence-corrected chi connectivity index (χ3v) is 2.75. The predicted molar refractivity (Wildman–Crippen MR) is 77.1 cm³/mol. The molecular formula is C15H23FN2O2. The van der Waals surface area contributed by atoms with Gasteiger partial charge in [-0.3, -0.25) is 4.79 Å². The molecule has 1 aromatic carbocycles. The lowest BCUT2D eigenvalue weighted by atomic mass is 10.2. The first-order valence-corrected chi connectivity index (χ1v) is 6.81. The Balaban J connectivity index is 2.69. The smallest absolute Gasteiger partial charge is 0.260 e. The summed E-state index contributed by atoms with van der Waals surface area (Å²) in [6.07, 6.45) is -0.616. The van der Waals surface area contributed by atoms with E-state index >= 15 is 0 Å². The zero-order chi connectivity index (χ0) is 15.1. The minimum atomic E-state index is -0.616. The third kappa shape index (κ3) is 5.17. The first-order chi connectivity index (χ1) is 9.43. The van der Waals surface area contributed by atoms with Crippen LogP contribution in [0.4, 0.5) is 4.39 Å². The minimum absolute atomic E-state index is 0.168. The van der Waals surface area contributed by atoms with Gasteiger partial charge in [0.25, 0.3) is 5.91 Å². The standard InChI is InChI=1S/C15H23FN2O2/c1-10(2)8-18-15(19)11(3)20-14-6-5-13(16)7-12(14)9-17-4/h5-7,10-11,17H,8-9H2,1-4H3,(H,18,19). The second-order valence-electron chi connectivity index (χ2n) is 5.18. The van der Waals surface area contributed by atoms with Gasteiger partial charge in [-0.2, -0.15) is 0 Å². The van der Waals surface area contributed by atoms with Gasteiger partial charge in [0, 0.05) is 18.7 Å². The first kappa shape index (κ1) is 16.4. The molecule has 0 aromatic heterocycles. The van der Waals surface area contributed by atoms with E-state index in [1.165, 1.54) is 12.1 Å². The number of carbonyl (C=O) groups excluding carboxylic acids is 1. The van der Waals surface area contributed by atoms with Gasteiger partial charge in [-0.05, 0) is 38.1 Å². The largest absolute Gasteiger partial charge is 0.481 e. The van der Waals surface area contributed by atoms with E-state index in [9.17, 15) is 9.18 Å². The van der Waals surface area contributed by atoms with Crippen LogP contribution in [0.5, 0.6) is 5.75 Å². The van der Waals surface area contributed by atoms with Crippen LogP contribution < -0.4 is 15.4 Å². The Hall–Kier alpha value is -1.62. The maximum absolute atomic E-state index is 13.2. The van der Waals surface area contributed by atoms with Crippen molar-refractivity contribution in [2.24, 2.45) is 5.92 Å². The van der Waals surface area contributed by atoms with Crippen LogP contribution in [0.15, 0.2) is 18.2 Å². The van der Waals surface area contributed by atoms with E-state index in [1.54, 1.807) is 20.0 Å². The van der Waals surface area contributed by atoms with Crippen LogP contribution in [0.1, 0.15) is 26.3 Å². The molecule has 4 nitrogen and oxygen atoms in total. The Morgan fingerprint density at radius 2 is 2.05 bits per heavy atom. The van der Waals surface area contributed by atoms with Gasteiger partial charge in [-0.25, -0.2) is 4.39 Å². The van der Waals surface area contributed by atoms with Gasteiger partial charge >= 0.3 is 0 Å². The number of hydrogen-bond donors (Lipinski definition) is 2. The molecule has 0 aliphatic carbocycles. The molecule has 1 atom stereocenters. The second kappa shape index (κ2) is 7.85. The summed E-state index contributed by atoms with van der Waals surface area (Å²) in [5, 5.41) is 5.76. The van der Waals surface area contributed by atoms with Crippen molar-refractivity contribution in [3.63, 3.8) is 0 Å². The topological polar surface area (TPSA) is 50.4 Å². The molecule has 0 spiro atoms. The summed E-state index contributed by atoms with van der Waals surface area (Å²) in [6.45, 7) is 6.82. The number of benzene rings is 1. The summed E-state index contributed by atoms with van der Waals surface area (Å²) >= 11 is 0. The van der Waals surface area contributed by atoms with E-state index in [0.29, 0.717) is 30.3 Å². The fourth-order valence-corrected chi connectivity index (χ4v) is 1.68. The highest BCUT2D eigenvalue weighted by molar-refractivity contribution is 5.80. The molecule has 0 aliphatic heterocycles. The summed E-state index contributed by atoms with van der Waals surface area (Å²) < 4.78 is 18.8. The molecule has 0 saturated carbocycles. The van der Waals surface area contributed by atoms with E-state index in [1.807, 2.05) is 13.8 Å². The predicted octanol–water partition coefficient (Wildman–Crippen LogP) is 2.08. The Morgan fingerprint density at radius 3 is 2.65 bits per heavy atom. The summed E-state index contributed by atoms with van der Waals surface area (Å²) in [4.78, 5) is 11.9. The average Bonchev–Trinajstić information content (AvgIpc) is 2.39. The van der Waals surface area contributed by atoms with Crippen molar-refractivity contribution in [3.05, 3.63) is 29.6 Å². The van der Waals surface area contributed by atoms with Crippen molar-refractivity contribution in [2.75, 3.05) is 13.6 Å². The summed E-state index contributed by atoms with van der Waals surface area (Å²) in [7, 11) is 1.77. The van der Waals surface area contributed by atoms with Crippen LogP contribution in [0.25, 0.3) is 0 Å². The van der Waals surface area contributed by atoms with Crippen LogP contribution in [0, 0.1) is 11.7 Å². The number of amides is 1. The molecule has 0 bridgehead atoms. The van der Waals surface area contributed by atoms with E-state index in [4.69, 9.17) is 4.74 Å². The number of carbonyl (C=O) groups is 1. The quantitative estimate of drug-likeness (QED) is 0.805. The van der Waals surface area contributed by atoms with Crippen molar-refractivity contribution in [3.8, 4) is 5.75 Å². The normalized spacial score (nSPS) is 12.3. The van der Waals surface area contributed by atoms with Gasteiger partial charge < -0.3 is 15.4 Å². The van der Waals surface area contributed by atoms with Gasteiger partial charge in [0.1, 0.15) is 11.6 Å². The van der Waals surface area contributed by atoms with Gasteiger partial charge in [0.05, 0.1) is 0 Å². The zero-order valence-electron chi connectivity index (χ0n) is 12.5. The van der Waals surface area contributed by atoms with Crippen LogP contribution in [0.3, 0.4) is 0 Å². The van der Waals surface area contributed by atoms with E-state index in [0.717, 1.165) is 0 Å². The lowest BCUT2D eigenvalue weighted by Crippen LogP contribution is -2.38. The minimum Gasteiger partial charge on any atom is -0.481 e. The van der Waals surface area contributed by atoms with Crippen LogP contribution in [-0.4, -0.2) is 25.6 Å². The molecule has 0 radical (unpaired) electrons. The molecule has 1 unspecified atom stereocenters. The fraction of sp³-hybridized carbons (Fsp3) is 0.533. The Bertz CT molecular complexity index is 449. The third-order valence-electron chi connectivity index (χ3n) is 2.75. The van der Waals surface area contributed by atoms with Gasteiger partial charge in [-0.1, -0.05) is 13.8 Å². The van der Waals surface area contributed by atoms with Gasteiger partial charge in [0.2, 0.25) is 0 Å². The number of ether oxygens (including phenoxy) is 1. The Labute approximate surface area is 119 Å². The van der Waals surface area contributed by atoms with Crippen LogP contribution in [0.2, 0.25) is 0 Å². The summed E-state index contributed by atoms with van der Waals surface area (Å²) in [5.41, 5.74) is 0.691. The molecule has 0 heterocycles. The van der Waals surface area contributed by atoms with E-state index < -0.39 is 6.10 Å². The molecular weight excluding hydrogens is 259 g/mol. The van der Waals surface area contributed by atoms with Crippen molar-refractivity contribution in [2.45, 2.75) is 33.4 Å². The molecule has 1 aromatic rings. The maximum atomic E-state index is 13.2. The number of hydrogen-bond acceptors (Lipinski definition) is 3. The lowest BCUT2D eigenvalue weighted by Gasteiger charge is -2.18. The summed E-state index contributed by atoms with van der Waals surface area (Å²) in [5.74, 6) is 0.419. The van der Waals surface area contributed by atoms with Crippen molar-refractivity contribution in [1.29, 1.82) is 0 Å². The Kier molecular flexibility index (Phi) is 6.45. The van der Waals surface area contributed by atoms with E-state index in [2.05, 4.69) is 10.6 Å². The lowest BCUT2D eigenvalue weighted by molar-refractivity contribution is -0.127. The highest BCUT2D eigenvalue weighted by Gasteiger charge is 2.16. The number of rotatable bonds is 7. The molecule has 0 saturated heterocycles. The van der Waals surface area contributed by atoms with Crippen molar-refractivity contribution >= 4 is 5.91 Å². The molecule has 5 heteroatoms. The first-order valence-electron chi connectivity index (χ1n) is 6.81. The molecule has 1 amide bonds. The second-order valence-corrected chi connectivity index (χ2v) is 5.18. The van der Waals surface area contributed by atoms with Crippen molar-refractivity contribution < 1.29 is 13.9 Å².